The number of aliphatic hydroxyl groups excluding tert-OH is 2. The Morgan fingerprint density at radius 1 is 0.974 bits per heavy atom. The van der Waals surface area contributed by atoms with Crippen LogP contribution in [0.25, 0.3) is 0 Å². The zero-order valence-corrected chi connectivity index (χ0v) is 21.1. The van der Waals surface area contributed by atoms with E-state index in [9.17, 15) is 18.3 Å². The molecular formula is C25H26N2O10S. The molecule has 0 aromatic heterocycles. The van der Waals surface area contributed by atoms with Crippen molar-refractivity contribution in [2.75, 3.05) is 45.0 Å². The summed E-state index contributed by atoms with van der Waals surface area (Å²) < 4.78 is 56.8. The van der Waals surface area contributed by atoms with Gasteiger partial charge in [-0.05, 0) is 36.4 Å². The monoisotopic (exact) mass is 546 g/mol. The van der Waals surface area contributed by atoms with Crippen molar-refractivity contribution in [2.24, 2.45) is 0 Å². The van der Waals surface area contributed by atoms with Crippen molar-refractivity contribution in [3.63, 3.8) is 0 Å². The number of methoxy groups -OCH3 is 1. The number of fused-ring (bicyclic) bond motifs is 1. The summed E-state index contributed by atoms with van der Waals surface area (Å²) in [4.78, 5) is 12.6. The largest absolute Gasteiger partial charge is 0.493 e. The molecule has 0 fully saturated rings. The predicted octanol–water partition coefficient (Wildman–Crippen LogP) is 2.11. The summed E-state index contributed by atoms with van der Waals surface area (Å²) in [5.41, 5.74) is -0.111. The van der Waals surface area contributed by atoms with Crippen molar-refractivity contribution < 1.29 is 47.1 Å². The first kappa shape index (κ1) is 26.9. The highest BCUT2D eigenvalue weighted by Gasteiger charge is 2.25. The molecule has 1 aliphatic rings. The summed E-state index contributed by atoms with van der Waals surface area (Å²) in [5.74, 6) is 0.574. The van der Waals surface area contributed by atoms with Gasteiger partial charge >= 0.3 is 0 Å². The summed E-state index contributed by atoms with van der Waals surface area (Å²) in [6.07, 6.45) is 0. The van der Waals surface area contributed by atoms with Crippen LogP contribution >= 0.6 is 0 Å². The number of hydrogen-bond donors (Lipinski definition) is 4. The molecule has 13 heteroatoms. The Bertz CT molecular complexity index is 1410. The number of carbonyl (C=O) groups excluding carboxylic acids is 1. The second kappa shape index (κ2) is 11.9. The molecule has 38 heavy (non-hydrogen) atoms. The van der Waals surface area contributed by atoms with E-state index in [1.165, 1.54) is 37.4 Å². The average Bonchev–Trinajstić information content (AvgIpc) is 3.40. The third kappa shape index (κ3) is 6.02. The molecule has 12 nitrogen and oxygen atoms in total. The molecule has 3 aromatic rings. The highest BCUT2D eigenvalue weighted by atomic mass is 32.2. The summed E-state index contributed by atoms with van der Waals surface area (Å²) in [7, 11) is -2.79. The van der Waals surface area contributed by atoms with Crippen molar-refractivity contribution in [1.29, 1.82) is 0 Å². The van der Waals surface area contributed by atoms with E-state index in [-0.39, 0.29) is 72.3 Å². The molecule has 4 rings (SSSR count). The van der Waals surface area contributed by atoms with Gasteiger partial charge in [-0.2, -0.15) is 0 Å². The number of rotatable bonds is 12. The highest BCUT2D eigenvalue weighted by Crippen LogP contribution is 2.44. The van der Waals surface area contributed by atoms with Crippen molar-refractivity contribution >= 4 is 21.6 Å². The molecule has 1 amide bonds. The fourth-order valence-electron chi connectivity index (χ4n) is 3.51. The quantitative estimate of drug-likeness (QED) is 0.265. The van der Waals surface area contributed by atoms with Crippen LogP contribution in [0, 0.1) is 0 Å². The minimum Gasteiger partial charge on any atom is -0.493 e. The second-order valence-electron chi connectivity index (χ2n) is 7.78. The number of aliphatic hydroxyl groups is 2. The number of sulfonamides is 1. The fourth-order valence-corrected chi connectivity index (χ4v) is 4.58. The van der Waals surface area contributed by atoms with Crippen LogP contribution in [0.3, 0.4) is 0 Å². The molecular weight excluding hydrogens is 520 g/mol. The van der Waals surface area contributed by atoms with Gasteiger partial charge in [0.25, 0.3) is 15.9 Å². The summed E-state index contributed by atoms with van der Waals surface area (Å²) >= 11 is 0. The van der Waals surface area contributed by atoms with E-state index in [1.54, 1.807) is 24.3 Å². The Hall–Kier alpha value is -4.20. The number of nitrogens with one attached hydrogen (secondary N) is 2. The summed E-state index contributed by atoms with van der Waals surface area (Å²) in [6, 6.07) is 13.4. The standard InChI is InChI=1S/C25H26N2O10S/c1-33-19-4-2-3-5-21(19)37-24-18(12-16(25(30)26-8-9-28)13-23(24)34-11-10-29)27-38(31,32)17-6-7-20-22(14-17)36-15-35-20/h2-7,12-14,27-29H,8-11,15H2,1H3,(H,26,30). The minimum absolute atomic E-state index is 0.0159. The van der Waals surface area contributed by atoms with Gasteiger partial charge in [0, 0.05) is 18.2 Å². The summed E-state index contributed by atoms with van der Waals surface area (Å²) in [5, 5.41) is 20.9. The van der Waals surface area contributed by atoms with E-state index in [4.69, 9.17) is 28.8 Å². The lowest BCUT2D eigenvalue weighted by atomic mass is 10.1. The molecule has 0 aliphatic carbocycles. The van der Waals surface area contributed by atoms with Crippen LogP contribution in [-0.2, 0) is 10.0 Å². The van der Waals surface area contributed by atoms with Crippen LogP contribution in [0.15, 0.2) is 59.5 Å². The van der Waals surface area contributed by atoms with Gasteiger partial charge in [0.15, 0.2) is 34.5 Å². The number of anilines is 1. The highest BCUT2D eigenvalue weighted by molar-refractivity contribution is 7.92. The number of amides is 1. The van der Waals surface area contributed by atoms with Gasteiger partial charge in [-0.1, -0.05) is 12.1 Å². The molecule has 0 spiro atoms. The third-order valence-corrected chi connectivity index (χ3v) is 6.61. The van der Waals surface area contributed by atoms with E-state index in [1.807, 2.05) is 0 Å². The van der Waals surface area contributed by atoms with Crippen molar-refractivity contribution in [1.82, 2.24) is 5.32 Å². The number of para-hydroxylation sites is 2. The fraction of sp³-hybridized carbons (Fsp3) is 0.240. The van der Waals surface area contributed by atoms with Crippen LogP contribution < -0.4 is 33.7 Å². The van der Waals surface area contributed by atoms with Gasteiger partial charge in [0.1, 0.15) is 6.61 Å². The van der Waals surface area contributed by atoms with Crippen LogP contribution in [0.4, 0.5) is 5.69 Å². The molecule has 0 saturated heterocycles. The first-order valence-corrected chi connectivity index (χ1v) is 12.9. The third-order valence-electron chi connectivity index (χ3n) is 5.24. The van der Waals surface area contributed by atoms with Gasteiger partial charge in [-0.25, -0.2) is 8.42 Å². The van der Waals surface area contributed by atoms with E-state index in [0.717, 1.165) is 0 Å². The van der Waals surface area contributed by atoms with Gasteiger partial charge < -0.3 is 39.2 Å². The molecule has 4 N–H and O–H groups in total. The lowest BCUT2D eigenvalue weighted by Crippen LogP contribution is -2.26. The molecule has 1 heterocycles. The first-order chi connectivity index (χ1) is 18.4. The van der Waals surface area contributed by atoms with E-state index < -0.39 is 15.9 Å². The van der Waals surface area contributed by atoms with E-state index in [0.29, 0.717) is 11.5 Å². The molecule has 0 radical (unpaired) electrons. The van der Waals surface area contributed by atoms with Crippen LogP contribution in [-0.4, -0.2) is 64.8 Å². The van der Waals surface area contributed by atoms with Gasteiger partial charge in [-0.3, -0.25) is 9.52 Å². The Morgan fingerprint density at radius 2 is 1.74 bits per heavy atom. The maximum absolute atomic E-state index is 13.4. The Kier molecular flexibility index (Phi) is 8.41. The lowest BCUT2D eigenvalue weighted by molar-refractivity contribution is 0.0944. The van der Waals surface area contributed by atoms with Gasteiger partial charge in [-0.15, -0.1) is 0 Å². The zero-order chi connectivity index (χ0) is 27.1. The van der Waals surface area contributed by atoms with Gasteiger partial charge in [0.2, 0.25) is 6.79 Å². The maximum atomic E-state index is 13.4. The lowest BCUT2D eigenvalue weighted by Gasteiger charge is -2.20. The van der Waals surface area contributed by atoms with Crippen LogP contribution in [0.2, 0.25) is 0 Å². The zero-order valence-electron chi connectivity index (χ0n) is 20.3. The Balaban J connectivity index is 1.82. The average molecular weight is 547 g/mol. The molecule has 0 bridgehead atoms. The first-order valence-electron chi connectivity index (χ1n) is 11.4. The molecule has 0 saturated carbocycles. The maximum Gasteiger partial charge on any atom is 0.262 e. The van der Waals surface area contributed by atoms with Crippen LogP contribution in [0.5, 0.6) is 34.5 Å². The van der Waals surface area contributed by atoms with Crippen molar-refractivity contribution in [2.45, 2.75) is 4.90 Å². The van der Waals surface area contributed by atoms with Crippen molar-refractivity contribution in [3.05, 3.63) is 60.2 Å². The topological polar surface area (TPSA) is 162 Å². The molecule has 3 aromatic carbocycles. The van der Waals surface area contributed by atoms with E-state index in [2.05, 4.69) is 10.0 Å². The number of benzene rings is 3. The number of ether oxygens (including phenoxy) is 5. The Labute approximate surface area is 218 Å². The predicted molar refractivity (Wildman–Crippen MR) is 135 cm³/mol. The van der Waals surface area contributed by atoms with Crippen molar-refractivity contribution in [3.8, 4) is 34.5 Å². The van der Waals surface area contributed by atoms with Crippen LogP contribution in [0.1, 0.15) is 10.4 Å². The second-order valence-corrected chi connectivity index (χ2v) is 9.46. The number of hydrogen-bond acceptors (Lipinski definition) is 10. The normalized spacial score (nSPS) is 12.1. The smallest absolute Gasteiger partial charge is 0.262 e. The summed E-state index contributed by atoms with van der Waals surface area (Å²) in [6.45, 7) is -0.868. The SMILES string of the molecule is COc1ccccc1Oc1c(NS(=O)(=O)c2ccc3c(c2)OCO3)cc(C(=O)NCCO)cc1OCCO. The Morgan fingerprint density at radius 3 is 2.47 bits per heavy atom. The van der Waals surface area contributed by atoms with E-state index >= 15 is 0 Å². The number of carbonyl (C=O) groups is 1. The molecule has 202 valence electrons. The molecule has 1 aliphatic heterocycles. The van der Waals surface area contributed by atoms with Gasteiger partial charge in [0.05, 0.1) is 30.9 Å². The molecule has 0 unspecified atom stereocenters. The minimum atomic E-state index is -4.24. The molecule has 0 atom stereocenters.